The Hall–Kier alpha value is -3.22. The highest BCUT2D eigenvalue weighted by molar-refractivity contribution is 6.35. The number of halogens is 2. The molecule has 0 aliphatic heterocycles. The summed E-state index contributed by atoms with van der Waals surface area (Å²) in [5.41, 5.74) is 3.21. The van der Waals surface area contributed by atoms with Crippen molar-refractivity contribution in [1.29, 1.82) is 0 Å². The van der Waals surface area contributed by atoms with Crippen molar-refractivity contribution < 1.29 is 14.3 Å². The first-order valence-electron chi connectivity index (χ1n) is 13.4. The van der Waals surface area contributed by atoms with Crippen molar-refractivity contribution in [2.24, 2.45) is 5.92 Å². The highest BCUT2D eigenvalue weighted by Gasteiger charge is 2.26. The van der Waals surface area contributed by atoms with Crippen LogP contribution in [0.15, 0.2) is 66.7 Å². The summed E-state index contributed by atoms with van der Waals surface area (Å²) in [5, 5.41) is 10.4. The van der Waals surface area contributed by atoms with Gasteiger partial charge in [0.1, 0.15) is 11.8 Å². The quantitative estimate of drug-likeness (QED) is 0.219. The van der Waals surface area contributed by atoms with Gasteiger partial charge in [0.15, 0.2) is 0 Å². The van der Waals surface area contributed by atoms with Crippen molar-refractivity contribution in [2.75, 3.05) is 25.5 Å². The SMILES string of the molecule is COc1ccc(NCCNC(=O)[C@H](CC2CCCCC2)NC(=O)c2ccc(-c3cc(Cl)cc(Cl)c3)cc2)cc1. The molecular formula is C31H35Cl2N3O3. The van der Waals surface area contributed by atoms with Gasteiger partial charge in [0.25, 0.3) is 5.91 Å². The van der Waals surface area contributed by atoms with Crippen LogP contribution < -0.4 is 20.7 Å². The van der Waals surface area contributed by atoms with E-state index in [1.807, 2.05) is 48.5 Å². The molecule has 3 aromatic carbocycles. The minimum atomic E-state index is -0.590. The topological polar surface area (TPSA) is 79.5 Å². The van der Waals surface area contributed by atoms with E-state index in [0.29, 0.717) is 41.0 Å². The van der Waals surface area contributed by atoms with E-state index in [-0.39, 0.29) is 11.8 Å². The number of nitrogens with one attached hydrogen (secondary N) is 3. The lowest BCUT2D eigenvalue weighted by Crippen LogP contribution is -2.48. The van der Waals surface area contributed by atoms with Crippen LogP contribution in [-0.4, -0.2) is 38.1 Å². The van der Waals surface area contributed by atoms with Crippen molar-refractivity contribution >= 4 is 40.7 Å². The van der Waals surface area contributed by atoms with Gasteiger partial charge in [0.2, 0.25) is 5.91 Å². The van der Waals surface area contributed by atoms with E-state index in [9.17, 15) is 9.59 Å². The van der Waals surface area contributed by atoms with E-state index in [1.54, 1.807) is 25.3 Å². The lowest BCUT2D eigenvalue weighted by Gasteiger charge is -2.26. The van der Waals surface area contributed by atoms with Gasteiger partial charge < -0.3 is 20.7 Å². The average molecular weight is 569 g/mol. The fraction of sp³-hybridized carbons (Fsp3) is 0.355. The largest absolute Gasteiger partial charge is 0.497 e. The molecule has 1 fully saturated rings. The molecule has 3 N–H and O–H groups in total. The molecule has 0 saturated heterocycles. The predicted molar refractivity (Wildman–Crippen MR) is 159 cm³/mol. The van der Waals surface area contributed by atoms with Gasteiger partial charge >= 0.3 is 0 Å². The molecule has 1 saturated carbocycles. The molecule has 6 nitrogen and oxygen atoms in total. The lowest BCUT2D eigenvalue weighted by molar-refractivity contribution is -0.123. The lowest BCUT2D eigenvalue weighted by atomic mass is 9.84. The minimum absolute atomic E-state index is 0.157. The molecule has 8 heteroatoms. The first kappa shape index (κ1) is 28.8. The molecule has 0 spiro atoms. The molecule has 1 aliphatic rings. The number of carbonyl (C=O) groups is 2. The summed E-state index contributed by atoms with van der Waals surface area (Å²) in [7, 11) is 1.63. The molecule has 0 radical (unpaired) electrons. The summed E-state index contributed by atoms with van der Waals surface area (Å²) in [6.45, 7) is 1.01. The number of hydrogen-bond donors (Lipinski definition) is 3. The van der Waals surface area contributed by atoms with Gasteiger partial charge in [-0.05, 0) is 78.1 Å². The number of rotatable bonds is 11. The van der Waals surface area contributed by atoms with Gasteiger partial charge in [-0.1, -0.05) is 67.4 Å². The maximum Gasteiger partial charge on any atom is 0.251 e. The Bertz CT molecular complexity index is 1220. The summed E-state index contributed by atoms with van der Waals surface area (Å²) in [4.78, 5) is 26.4. The normalized spacial score (nSPS) is 14.3. The summed E-state index contributed by atoms with van der Waals surface area (Å²) in [5.74, 6) is 0.800. The molecule has 206 valence electrons. The zero-order valence-corrected chi connectivity index (χ0v) is 23.7. The number of amides is 2. The summed E-state index contributed by atoms with van der Waals surface area (Å²) in [6.07, 6.45) is 6.41. The van der Waals surface area contributed by atoms with Gasteiger partial charge in [0.05, 0.1) is 7.11 Å². The van der Waals surface area contributed by atoms with E-state index in [2.05, 4.69) is 16.0 Å². The zero-order valence-electron chi connectivity index (χ0n) is 22.1. The molecule has 0 unspecified atom stereocenters. The van der Waals surface area contributed by atoms with E-state index in [1.165, 1.54) is 19.3 Å². The van der Waals surface area contributed by atoms with E-state index in [0.717, 1.165) is 35.4 Å². The zero-order chi connectivity index (χ0) is 27.6. The second-order valence-electron chi connectivity index (χ2n) is 9.95. The van der Waals surface area contributed by atoms with Gasteiger partial charge in [-0.25, -0.2) is 0 Å². The van der Waals surface area contributed by atoms with Crippen LogP contribution >= 0.6 is 23.2 Å². The Morgan fingerprint density at radius 1 is 0.872 bits per heavy atom. The van der Waals surface area contributed by atoms with Crippen molar-refractivity contribution in [3.8, 4) is 16.9 Å². The van der Waals surface area contributed by atoms with Crippen LogP contribution in [0.25, 0.3) is 11.1 Å². The van der Waals surface area contributed by atoms with Gasteiger partial charge in [-0.2, -0.15) is 0 Å². The monoisotopic (exact) mass is 567 g/mol. The third kappa shape index (κ3) is 8.64. The number of ether oxygens (including phenoxy) is 1. The molecule has 1 atom stereocenters. The highest BCUT2D eigenvalue weighted by atomic mass is 35.5. The Morgan fingerprint density at radius 3 is 2.18 bits per heavy atom. The predicted octanol–water partition coefficient (Wildman–Crippen LogP) is 6.97. The van der Waals surface area contributed by atoms with Gasteiger partial charge in [0, 0.05) is 34.4 Å². The second-order valence-corrected chi connectivity index (χ2v) is 10.8. The van der Waals surface area contributed by atoms with Crippen LogP contribution in [0, 0.1) is 5.92 Å². The van der Waals surface area contributed by atoms with Crippen molar-refractivity contribution in [3.05, 3.63) is 82.3 Å². The number of carbonyl (C=O) groups excluding carboxylic acids is 2. The fourth-order valence-electron chi connectivity index (χ4n) is 4.99. The van der Waals surface area contributed by atoms with Crippen LogP contribution in [0.1, 0.15) is 48.9 Å². The molecule has 2 amide bonds. The van der Waals surface area contributed by atoms with E-state index < -0.39 is 6.04 Å². The highest BCUT2D eigenvalue weighted by Crippen LogP contribution is 2.29. The molecule has 4 rings (SSSR count). The molecule has 1 aliphatic carbocycles. The molecule has 39 heavy (non-hydrogen) atoms. The summed E-state index contributed by atoms with van der Waals surface area (Å²) in [6, 6.07) is 19.6. The molecule has 0 aromatic heterocycles. The average Bonchev–Trinajstić information content (AvgIpc) is 2.95. The van der Waals surface area contributed by atoms with Crippen LogP contribution in [0.3, 0.4) is 0 Å². The third-order valence-corrected chi connectivity index (χ3v) is 7.54. The Labute approximate surface area is 240 Å². The Morgan fingerprint density at radius 2 is 1.54 bits per heavy atom. The summed E-state index contributed by atoms with van der Waals surface area (Å²) >= 11 is 12.3. The molecule has 0 bridgehead atoms. The van der Waals surface area contributed by atoms with Crippen LogP contribution in [0.4, 0.5) is 5.69 Å². The minimum Gasteiger partial charge on any atom is -0.497 e. The van der Waals surface area contributed by atoms with Gasteiger partial charge in [-0.3, -0.25) is 9.59 Å². The van der Waals surface area contributed by atoms with Crippen LogP contribution in [0.5, 0.6) is 5.75 Å². The Kier molecular flexibility index (Phi) is 10.5. The molecule has 3 aromatic rings. The van der Waals surface area contributed by atoms with Gasteiger partial charge in [-0.15, -0.1) is 0 Å². The van der Waals surface area contributed by atoms with E-state index in [4.69, 9.17) is 27.9 Å². The number of methoxy groups -OCH3 is 1. The second kappa shape index (κ2) is 14.2. The van der Waals surface area contributed by atoms with Crippen molar-refractivity contribution in [2.45, 2.75) is 44.6 Å². The third-order valence-electron chi connectivity index (χ3n) is 7.10. The summed E-state index contributed by atoms with van der Waals surface area (Å²) < 4.78 is 5.18. The standard InChI is InChI=1S/C31H35Cl2N3O3/c1-39-28-13-11-27(12-14-28)34-15-16-35-31(38)29(17-21-5-3-2-4-6-21)36-30(37)23-9-7-22(8-10-23)24-18-25(32)20-26(33)19-24/h7-14,18-21,29,34H,2-6,15-17H2,1H3,(H,35,38)(H,36,37)/t29-/m0/s1. The maximum absolute atomic E-state index is 13.2. The number of benzene rings is 3. The fourth-order valence-corrected chi connectivity index (χ4v) is 5.51. The van der Waals surface area contributed by atoms with Crippen LogP contribution in [-0.2, 0) is 4.79 Å². The smallest absolute Gasteiger partial charge is 0.251 e. The maximum atomic E-state index is 13.2. The first-order valence-corrected chi connectivity index (χ1v) is 14.2. The van der Waals surface area contributed by atoms with Crippen molar-refractivity contribution in [1.82, 2.24) is 10.6 Å². The van der Waals surface area contributed by atoms with Crippen molar-refractivity contribution in [3.63, 3.8) is 0 Å². The molecule has 0 heterocycles. The molecular weight excluding hydrogens is 533 g/mol. The number of hydrogen-bond acceptors (Lipinski definition) is 4. The van der Waals surface area contributed by atoms with Crippen LogP contribution in [0.2, 0.25) is 10.0 Å². The first-order chi connectivity index (χ1) is 18.9. The van der Waals surface area contributed by atoms with E-state index >= 15 is 0 Å². The Balaban J connectivity index is 1.36. The number of anilines is 1.